The molecule has 3 nitrogen and oxygen atoms in total. The van der Waals surface area contributed by atoms with Gasteiger partial charge in [0.15, 0.2) is 0 Å². The topological polar surface area (TPSA) is 41.1 Å². The Labute approximate surface area is 120 Å². The molecule has 0 fully saturated rings. The molecule has 1 aromatic carbocycles. The van der Waals surface area contributed by atoms with Crippen LogP contribution in [0.15, 0.2) is 29.8 Å². The zero-order chi connectivity index (χ0) is 13.8. The van der Waals surface area contributed by atoms with E-state index in [-0.39, 0.29) is 5.91 Å². The van der Waals surface area contributed by atoms with Crippen molar-refractivity contribution in [2.45, 2.75) is 45.2 Å². The molecule has 106 valence electrons. The van der Waals surface area contributed by atoms with Crippen molar-refractivity contribution in [2.24, 2.45) is 0 Å². The maximum absolute atomic E-state index is 12.1. The minimum Gasteiger partial charge on any atom is -0.352 e. The Balaban J connectivity index is 1.52. The third-order valence-electron chi connectivity index (χ3n) is 4.22. The molecule has 0 bridgehead atoms. The normalized spacial score (nSPS) is 17.5. The quantitative estimate of drug-likeness (QED) is 0.826. The van der Waals surface area contributed by atoms with Crippen molar-refractivity contribution < 1.29 is 4.79 Å². The average Bonchev–Trinajstić information content (AvgIpc) is 2.95. The summed E-state index contributed by atoms with van der Waals surface area (Å²) in [7, 11) is 0. The van der Waals surface area contributed by atoms with Gasteiger partial charge in [-0.2, -0.15) is 0 Å². The second kappa shape index (κ2) is 6.23. The summed E-state index contributed by atoms with van der Waals surface area (Å²) in [4.78, 5) is 12.1. The molecule has 2 aliphatic rings. The molecule has 0 saturated heterocycles. The highest BCUT2D eigenvalue weighted by Crippen LogP contribution is 2.20. The monoisotopic (exact) mass is 270 g/mol. The fraction of sp³-hybridized carbons (Fsp3) is 0.471. The molecule has 3 rings (SSSR count). The molecule has 1 heterocycles. The van der Waals surface area contributed by atoms with Crippen LogP contribution in [0.5, 0.6) is 0 Å². The summed E-state index contributed by atoms with van der Waals surface area (Å²) in [6, 6.07) is 6.01. The summed E-state index contributed by atoms with van der Waals surface area (Å²) in [6.45, 7) is 2.55. The third-order valence-corrected chi connectivity index (χ3v) is 4.22. The van der Waals surface area contributed by atoms with Crippen LogP contribution in [-0.2, 0) is 13.1 Å². The molecule has 0 atom stereocenters. The van der Waals surface area contributed by atoms with E-state index in [0.717, 1.165) is 31.6 Å². The second-order valence-electron chi connectivity index (χ2n) is 5.70. The van der Waals surface area contributed by atoms with Crippen molar-refractivity contribution in [3.05, 3.63) is 46.5 Å². The van der Waals surface area contributed by atoms with Crippen LogP contribution in [0.1, 0.15) is 53.6 Å². The number of fused-ring (bicyclic) bond motifs is 1. The van der Waals surface area contributed by atoms with Gasteiger partial charge in [0.1, 0.15) is 0 Å². The first-order chi connectivity index (χ1) is 9.83. The van der Waals surface area contributed by atoms with Crippen LogP contribution in [0, 0.1) is 0 Å². The van der Waals surface area contributed by atoms with Crippen molar-refractivity contribution in [3.63, 3.8) is 0 Å². The Morgan fingerprint density at radius 2 is 2.10 bits per heavy atom. The first-order valence-electron chi connectivity index (χ1n) is 7.61. The van der Waals surface area contributed by atoms with Gasteiger partial charge in [-0.25, -0.2) is 0 Å². The first kappa shape index (κ1) is 13.4. The van der Waals surface area contributed by atoms with Gasteiger partial charge in [0.2, 0.25) is 0 Å². The van der Waals surface area contributed by atoms with E-state index in [9.17, 15) is 4.79 Å². The maximum atomic E-state index is 12.1. The van der Waals surface area contributed by atoms with Gasteiger partial charge in [0.25, 0.3) is 5.91 Å². The summed E-state index contributed by atoms with van der Waals surface area (Å²) in [5.74, 6) is 0.0520. The van der Waals surface area contributed by atoms with Crippen LogP contribution in [0.2, 0.25) is 0 Å². The van der Waals surface area contributed by atoms with Crippen LogP contribution in [0.3, 0.4) is 0 Å². The lowest BCUT2D eigenvalue weighted by Crippen LogP contribution is -2.25. The molecule has 0 unspecified atom stereocenters. The molecular weight excluding hydrogens is 248 g/mol. The fourth-order valence-electron chi connectivity index (χ4n) is 3.01. The smallest absolute Gasteiger partial charge is 0.251 e. The summed E-state index contributed by atoms with van der Waals surface area (Å²) in [6.07, 6.45) is 8.38. The average molecular weight is 270 g/mol. The zero-order valence-corrected chi connectivity index (χ0v) is 11.9. The SMILES string of the molecule is O=C(NCCC1=CCCCC1)c1ccc2c(c1)CNC2. The predicted molar refractivity (Wildman–Crippen MR) is 80.5 cm³/mol. The van der Waals surface area contributed by atoms with Gasteiger partial charge in [-0.1, -0.05) is 17.7 Å². The number of amides is 1. The molecule has 1 aliphatic carbocycles. The number of benzene rings is 1. The van der Waals surface area contributed by atoms with E-state index in [1.807, 2.05) is 12.1 Å². The summed E-state index contributed by atoms with van der Waals surface area (Å²) < 4.78 is 0. The second-order valence-corrected chi connectivity index (χ2v) is 5.70. The van der Waals surface area contributed by atoms with Crippen LogP contribution in [0.25, 0.3) is 0 Å². The van der Waals surface area contributed by atoms with E-state index in [0.29, 0.717) is 0 Å². The van der Waals surface area contributed by atoms with Crippen molar-refractivity contribution in [1.82, 2.24) is 10.6 Å². The lowest BCUT2D eigenvalue weighted by molar-refractivity contribution is 0.0954. The molecule has 0 aromatic heterocycles. The van der Waals surface area contributed by atoms with Crippen molar-refractivity contribution >= 4 is 5.91 Å². The van der Waals surface area contributed by atoms with Crippen molar-refractivity contribution in [3.8, 4) is 0 Å². The van der Waals surface area contributed by atoms with Gasteiger partial charge in [-0.3, -0.25) is 4.79 Å². The Morgan fingerprint density at radius 1 is 1.20 bits per heavy atom. The van der Waals surface area contributed by atoms with Gasteiger partial charge in [0.05, 0.1) is 0 Å². The molecule has 0 saturated carbocycles. The number of hydrogen-bond acceptors (Lipinski definition) is 2. The van der Waals surface area contributed by atoms with Gasteiger partial charge < -0.3 is 10.6 Å². The lowest BCUT2D eigenvalue weighted by atomic mass is 9.97. The molecule has 1 amide bonds. The molecule has 2 N–H and O–H groups in total. The highest BCUT2D eigenvalue weighted by Gasteiger charge is 2.13. The zero-order valence-electron chi connectivity index (χ0n) is 11.9. The van der Waals surface area contributed by atoms with Gasteiger partial charge in [0, 0.05) is 25.2 Å². The van der Waals surface area contributed by atoms with E-state index in [1.54, 1.807) is 0 Å². The number of allylic oxidation sites excluding steroid dienone is 1. The highest BCUT2D eigenvalue weighted by atomic mass is 16.1. The highest BCUT2D eigenvalue weighted by molar-refractivity contribution is 5.94. The predicted octanol–water partition coefficient (Wildman–Crippen LogP) is 2.91. The van der Waals surface area contributed by atoms with Crippen LogP contribution in [0.4, 0.5) is 0 Å². The maximum Gasteiger partial charge on any atom is 0.251 e. The van der Waals surface area contributed by atoms with Gasteiger partial charge >= 0.3 is 0 Å². The van der Waals surface area contributed by atoms with E-state index < -0.39 is 0 Å². The van der Waals surface area contributed by atoms with E-state index in [1.165, 1.54) is 42.4 Å². The summed E-state index contributed by atoms with van der Waals surface area (Å²) >= 11 is 0. The van der Waals surface area contributed by atoms with E-state index in [4.69, 9.17) is 0 Å². The number of hydrogen-bond donors (Lipinski definition) is 2. The van der Waals surface area contributed by atoms with Crippen LogP contribution < -0.4 is 10.6 Å². The minimum absolute atomic E-state index is 0.0520. The molecule has 1 aromatic rings. The fourth-order valence-corrected chi connectivity index (χ4v) is 3.01. The summed E-state index contributed by atoms with van der Waals surface area (Å²) in [5.41, 5.74) is 4.86. The largest absolute Gasteiger partial charge is 0.352 e. The summed E-state index contributed by atoms with van der Waals surface area (Å²) in [5, 5.41) is 6.34. The lowest BCUT2D eigenvalue weighted by Gasteiger charge is -2.13. The minimum atomic E-state index is 0.0520. The van der Waals surface area contributed by atoms with Crippen molar-refractivity contribution in [1.29, 1.82) is 0 Å². The van der Waals surface area contributed by atoms with E-state index in [2.05, 4.69) is 22.8 Å². The molecule has 1 aliphatic heterocycles. The number of rotatable bonds is 4. The number of nitrogens with one attached hydrogen (secondary N) is 2. The van der Waals surface area contributed by atoms with Gasteiger partial charge in [-0.05, 0) is 55.4 Å². The standard InChI is InChI=1S/C17H22N2O/c20-17(19-9-8-13-4-2-1-3-5-13)14-6-7-15-11-18-12-16(15)10-14/h4,6-7,10,18H,1-3,5,8-9,11-12H2,(H,19,20). The van der Waals surface area contributed by atoms with E-state index >= 15 is 0 Å². The Hall–Kier alpha value is -1.61. The number of carbonyl (C=O) groups excluding carboxylic acids is 1. The van der Waals surface area contributed by atoms with Gasteiger partial charge in [-0.15, -0.1) is 0 Å². The molecule has 20 heavy (non-hydrogen) atoms. The van der Waals surface area contributed by atoms with Crippen molar-refractivity contribution in [2.75, 3.05) is 6.54 Å². The molecule has 0 spiro atoms. The molecule has 0 radical (unpaired) electrons. The third kappa shape index (κ3) is 3.10. The van der Waals surface area contributed by atoms with Crippen LogP contribution in [-0.4, -0.2) is 12.5 Å². The number of carbonyl (C=O) groups is 1. The Bertz CT molecular complexity index is 534. The molecule has 3 heteroatoms. The van der Waals surface area contributed by atoms with Crippen LogP contribution >= 0.6 is 0 Å². The first-order valence-corrected chi connectivity index (χ1v) is 7.61. The Morgan fingerprint density at radius 3 is 2.95 bits per heavy atom. The Kier molecular flexibility index (Phi) is 4.16. The molecular formula is C17H22N2O.